The predicted octanol–water partition coefficient (Wildman–Crippen LogP) is 2.08. The Bertz CT molecular complexity index is 1280. The maximum Gasteiger partial charge on any atom is 0.295 e. The number of nitrogens with two attached hydrogens (primary N) is 1. The number of aliphatic imine (C=N–C) groups is 2. The first-order valence-corrected chi connectivity index (χ1v) is 10.3. The van der Waals surface area contributed by atoms with Crippen LogP contribution < -0.4 is 16.5 Å². The number of fused-ring (bicyclic) bond motifs is 1. The maximum absolute atomic E-state index is 13.1. The second-order valence-electron chi connectivity index (χ2n) is 7.22. The SMILES string of the molecule is CC#CC(=O)NCCC1=C2C=NC=C[N+]2(N)C(c2ccccc2C(=O)Nc2ccccn2)=N1. The van der Waals surface area contributed by atoms with Crippen molar-refractivity contribution in [3.05, 3.63) is 83.6 Å². The lowest BCUT2D eigenvalue weighted by Gasteiger charge is -2.27. The topological polar surface area (TPSA) is 122 Å². The molecule has 0 aliphatic carbocycles. The zero-order valence-corrected chi connectivity index (χ0v) is 17.9. The fraction of sp³-hybridized carbons (Fsp3) is 0.125. The first-order valence-electron chi connectivity index (χ1n) is 10.3. The highest BCUT2D eigenvalue weighted by Gasteiger charge is 2.44. The van der Waals surface area contributed by atoms with Crippen LogP contribution in [0.4, 0.5) is 5.82 Å². The van der Waals surface area contributed by atoms with Gasteiger partial charge in [0.25, 0.3) is 17.6 Å². The van der Waals surface area contributed by atoms with E-state index in [1.165, 1.54) is 0 Å². The number of benzene rings is 1. The van der Waals surface area contributed by atoms with Gasteiger partial charge in [-0.05, 0) is 37.1 Å². The summed E-state index contributed by atoms with van der Waals surface area (Å²) in [6, 6.07) is 12.4. The van der Waals surface area contributed by atoms with Crippen molar-refractivity contribution >= 4 is 29.7 Å². The quantitative estimate of drug-likeness (QED) is 0.362. The van der Waals surface area contributed by atoms with Crippen molar-refractivity contribution in [1.82, 2.24) is 10.3 Å². The molecule has 2 aliphatic heterocycles. The zero-order chi connectivity index (χ0) is 23.3. The lowest BCUT2D eigenvalue weighted by atomic mass is 10.0. The standard InChI is InChI=1S/C24H21N7O2/c1-2-7-22(32)28-13-11-19-20-16-26-14-15-31(20,25)23(29-19)17-8-3-4-9-18(17)24(33)30-21-10-5-6-12-27-21/h3-6,8-10,12,14-16H,11,13,25H2,1H3,(H-,27,28,30,32,33)/p+1. The Labute approximate surface area is 191 Å². The van der Waals surface area contributed by atoms with Gasteiger partial charge in [-0.1, -0.05) is 24.1 Å². The van der Waals surface area contributed by atoms with E-state index < -0.39 is 0 Å². The molecule has 33 heavy (non-hydrogen) atoms. The van der Waals surface area contributed by atoms with Crippen molar-refractivity contribution < 1.29 is 14.2 Å². The largest absolute Gasteiger partial charge is 0.345 e. The smallest absolute Gasteiger partial charge is 0.295 e. The van der Waals surface area contributed by atoms with Crippen LogP contribution >= 0.6 is 0 Å². The second kappa shape index (κ2) is 9.40. The summed E-state index contributed by atoms with van der Waals surface area (Å²) >= 11 is 0. The van der Waals surface area contributed by atoms with Gasteiger partial charge < -0.3 is 10.6 Å². The molecule has 4 N–H and O–H groups in total. The van der Waals surface area contributed by atoms with E-state index in [9.17, 15) is 9.59 Å². The molecule has 0 bridgehead atoms. The Balaban J connectivity index is 1.65. The van der Waals surface area contributed by atoms with Crippen LogP contribution in [0.25, 0.3) is 0 Å². The van der Waals surface area contributed by atoms with Crippen molar-refractivity contribution in [2.24, 2.45) is 15.8 Å². The van der Waals surface area contributed by atoms with Gasteiger partial charge in [-0.15, -0.1) is 4.59 Å². The van der Waals surface area contributed by atoms with E-state index in [0.717, 1.165) is 0 Å². The van der Waals surface area contributed by atoms with Gasteiger partial charge in [-0.2, -0.15) is 10.8 Å². The van der Waals surface area contributed by atoms with E-state index in [1.807, 2.05) is 6.07 Å². The molecule has 2 amide bonds. The summed E-state index contributed by atoms with van der Waals surface area (Å²) in [4.78, 5) is 37.9. The molecule has 0 saturated carbocycles. The molecule has 2 aromatic rings. The van der Waals surface area contributed by atoms with Gasteiger partial charge in [-0.3, -0.25) is 14.6 Å². The zero-order valence-electron chi connectivity index (χ0n) is 17.9. The number of hydrogen-bond donors (Lipinski definition) is 3. The van der Waals surface area contributed by atoms with Gasteiger partial charge in [0, 0.05) is 19.2 Å². The molecule has 1 aromatic heterocycles. The Hall–Kier alpha value is -4.39. The number of aromatic nitrogens is 1. The average molecular weight is 440 g/mol. The summed E-state index contributed by atoms with van der Waals surface area (Å²) in [6.07, 6.45) is 6.98. The monoisotopic (exact) mass is 440 g/mol. The van der Waals surface area contributed by atoms with Crippen molar-refractivity contribution in [3.8, 4) is 11.8 Å². The van der Waals surface area contributed by atoms with Gasteiger partial charge in [-0.25, -0.2) is 4.98 Å². The van der Waals surface area contributed by atoms with Crippen LogP contribution in [-0.4, -0.2) is 40.0 Å². The van der Waals surface area contributed by atoms with Crippen molar-refractivity contribution in [2.75, 3.05) is 11.9 Å². The van der Waals surface area contributed by atoms with E-state index in [-0.39, 0.29) is 16.4 Å². The molecule has 1 atom stereocenters. The number of carbonyl (C=O) groups excluding carboxylic acids is 2. The minimum absolute atomic E-state index is 0.227. The Morgan fingerprint density at radius 2 is 1.97 bits per heavy atom. The lowest BCUT2D eigenvalue weighted by molar-refractivity contribution is -0.750. The van der Waals surface area contributed by atoms with Crippen LogP contribution in [0.3, 0.4) is 0 Å². The molecule has 1 unspecified atom stereocenters. The Kier molecular flexibility index (Phi) is 6.22. The highest BCUT2D eigenvalue weighted by molar-refractivity contribution is 6.13. The third kappa shape index (κ3) is 4.48. The minimum atomic E-state index is -0.354. The first kappa shape index (κ1) is 21.8. The van der Waals surface area contributed by atoms with Crippen molar-refractivity contribution in [1.29, 1.82) is 0 Å². The molecule has 0 fully saturated rings. The van der Waals surface area contributed by atoms with E-state index in [2.05, 4.69) is 32.5 Å². The fourth-order valence-corrected chi connectivity index (χ4v) is 3.57. The molecule has 1 aromatic carbocycles. The highest BCUT2D eigenvalue weighted by atomic mass is 16.2. The van der Waals surface area contributed by atoms with Crippen molar-refractivity contribution in [3.63, 3.8) is 0 Å². The van der Waals surface area contributed by atoms with Gasteiger partial charge in [0.15, 0.2) is 0 Å². The average Bonchev–Trinajstić information content (AvgIpc) is 3.12. The molecule has 0 radical (unpaired) electrons. The number of nitrogens with zero attached hydrogens (tertiary/aromatic N) is 4. The maximum atomic E-state index is 13.1. The number of rotatable bonds is 6. The first-order chi connectivity index (χ1) is 16.0. The number of carbonyl (C=O) groups is 2. The predicted molar refractivity (Wildman–Crippen MR) is 125 cm³/mol. The van der Waals surface area contributed by atoms with Crippen LogP contribution in [0.5, 0.6) is 0 Å². The molecule has 0 spiro atoms. The summed E-state index contributed by atoms with van der Waals surface area (Å²) in [5.41, 5.74) is 2.34. The summed E-state index contributed by atoms with van der Waals surface area (Å²) in [7, 11) is 0. The van der Waals surface area contributed by atoms with Gasteiger partial charge in [0.1, 0.15) is 17.7 Å². The van der Waals surface area contributed by atoms with Crippen LogP contribution in [0, 0.1) is 11.8 Å². The third-order valence-electron chi connectivity index (χ3n) is 5.08. The van der Waals surface area contributed by atoms with Crippen LogP contribution in [-0.2, 0) is 4.79 Å². The van der Waals surface area contributed by atoms with E-state index >= 15 is 0 Å². The molecule has 164 valence electrons. The van der Waals surface area contributed by atoms with E-state index in [4.69, 9.17) is 10.8 Å². The van der Waals surface area contributed by atoms with E-state index in [1.54, 1.807) is 68.1 Å². The van der Waals surface area contributed by atoms with Gasteiger partial charge in [0.2, 0.25) is 5.70 Å². The Morgan fingerprint density at radius 3 is 2.76 bits per heavy atom. The molecule has 2 aliphatic rings. The minimum Gasteiger partial charge on any atom is -0.345 e. The number of amidine groups is 1. The lowest BCUT2D eigenvalue weighted by Crippen LogP contribution is -2.53. The van der Waals surface area contributed by atoms with Crippen LogP contribution in [0.15, 0.2) is 82.4 Å². The summed E-state index contributed by atoms with van der Waals surface area (Å²) in [5, 5.41) is 5.54. The number of quaternary nitrogens is 1. The molecule has 4 rings (SSSR count). The second-order valence-corrected chi connectivity index (χ2v) is 7.22. The number of allylic oxidation sites excluding steroid dienone is 1. The number of anilines is 1. The van der Waals surface area contributed by atoms with Crippen molar-refractivity contribution in [2.45, 2.75) is 13.3 Å². The van der Waals surface area contributed by atoms with Gasteiger partial charge in [0.05, 0.1) is 23.5 Å². The molecule has 9 nitrogen and oxygen atoms in total. The normalized spacial score (nSPS) is 18.2. The number of pyridine rings is 1. The summed E-state index contributed by atoms with van der Waals surface area (Å²) in [6.45, 7) is 1.94. The number of hydrogen-bond acceptors (Lipinski definition) is 6. The Morgan fingerprint density at radius 1 is 1.15 bits per heavy atom. The fourth-order valence-electron chi connectivity index (χ4n) is 3.57. The summed E-state index contributed by atoms with van der Waals surface area (Å²) < 4.78 is -0.227. The van der Waals surface area contributed by atoms with Gasteiger partial charge >= 0.3 is 0 Å². The molecule has 0 saturated heterocycles. The number of amides is 2. The van der Waals surface area contributed by atoms with E-state index in [0.29, 0.717) is 47.1 Å². The molecule has 9 heteroatoms. The molecule has 3 heterocycles. The summed E-state index contributed by atoms with van der Waals surface area (Å²) in [5.74, 6) is 12.0. The van der Waals surface area contributed by atoms with Crippen LogP contribution in [0.2, 0.25) is 0 Å². The number of nitrogens with one attached hydrogen (secondary N) is 2. The van der Waals surface area contributed by atoms with Crippen LogP contribution in [0.1, 0.15) is 29.3 Å². The third-order valence-corrected chi connectivity index (χ3v) is 5.08. The molecular formula is C24H22N7O2+. The highest BCUT2D eigenvalue weighted by Crippen LogP contribution is 2.33. The molecular weight excluding hydrogens is 418 g/mol.